The Balaban J connectivity index is 2.13. The van der Waals surface area contributed by atoms with E-state index in [-0.39, 0.29) is 11.4 Å². The zero-order valence-electron chi connectivity index (χ0n) is 9.12. The normalized spacial score (nSPS) is 18.6. The molecule has 0 radical (unpaired) electrons. The van der Waals surface area contributed by atoms with Gasteiger partial charge in [-0.3, -0.25) is 0 Å². The molecule has 0 aromatic heterocycles. The summed E-state index contributed by atoms with van der Waals surface area (Å²) in [5.41, 5.74) is 2.61. The molecule has 1 aromatic carbocycles. The first-order chi connectivity index (χ1) is 7.15. The van der Waals surface area contributed by atoms with E-state index in [1.54, 1.807) is 11.8 Å². The highest BCUT2D eigenvalue weighted by Gasteiger charge is 2.39. The van der Waals surface area contributed by atoms with Crippen molar-refractivity contribution in [1.29, 1.82) is 0 Å². The summed E-state index contributed by atoms with van der Waals surface area (Å²) in [5, 5.41) is 9.32. The molecule has 1 aliphatic rings. The predicted octanol–water partition coefficient (Wildman–Crippen LogP) is 2.16. The maximum atomic E-state index is 9.32. The number of benzene rings is 1. The van der Waals surface area contributed by atoms with Gasteiger partial charge in [-0.05, 0) is 37.1 Å². The zero-order valence-corrected chi connectivity index (χ0v) is 9.93. The Bertz CT molecular complexity index is 353. The van der Waals surface area contributed by atoms with Gasteiger partial charge in [0.2, 0.25) is 0 Å². The van der Waals surface area contributed by atoms with Crippen LogP contribution in [-0.4, -0.2) is 29.7 Å². The van der Waals surface area contributed by atoms with E-state index < -0.39 is 0 Å². The molecule has 0 bridgehead atoms. The highest BCUT2D eigenvalue weighted by Crippen LogP contribution is 2.38. The molecular weight excluding hydrogens is 208 g/mol. The highest BCUT2D eigenvalue weighted by atomic mass is 32.2. The maximum absolute atomic E-state index is 9.32. The summed E-state index contributed by atoms with van der Waals surface area (Å²) in [6.45, 7) is 5.72. The average Bonchev–Trinajstić information content (AvgIpc) is 2.17. The minimum absolute atomic E-state index is 0.0955. The van der Waals surface area contributed by atoms with Crippen LogP contribution in [0.25, 0.3) is 0 Å². The quantitative estimate of drug-likeness (QED) is 0.853. The van der Waals surface area contributed by atoms with Crippen molar-refractivity contribution >= 4 is 11.8 Å². The fourth-order valence-electron chi connectivity index (χ4n) is 1.54. The molecule has 1 heterocycles. The standard InChI is InChI=1S/C12H16O2S/c1-9-3-4-11(5-10(9)2)15-12(6-13)7-14-8-12/h3-5,13H,6-8H2,1-2H3. The Labute approximate surface area is 94.6 Å². The van der Waals surface area contributed by atoms with Crippen molar-refractivity contribution in [2.75, 3.05) is 19.8 Å². The average molecular weight is 224 g/mol. The second-order valence-corrected chi connectivity index (χ2v) is 5.72. The number of thioether (sulfide) groups is 1. The van der Waals surface area contributed by atoms with Crippen LogP contribution in [0.15, 0.2) is 23.1 Å². The molecule has 2 rings (SSSR count). The van der Waals surface area contributed by atoms with Gasteiger partial charge in [0.15, 0.2) is 0 Å². The van der Waals surface area contributed by atoms with Crippen molar-refractivity contribution in [1.82, 2.24) is 0 Å². The number of aliphatic hydroxyl groups is 1. The number of rotatable bonds is 3. The monoisotopic (exact) mass is 224 g/mol. The molecule has 1 aliphatic heterocycles. The lowest BCUT2D eigenvalue weighted by Crippen LogP contribution is -2.49. The van der Waals surface area contributed by atoms with Crippen LogP contribution in [0.3, 0.4) is 0 Å². The lowest BCUT2D eigenvalue weighted by molar-refractivity contribution is -0.0318. The smallest absolute Gasteiger partial charge is 0.0902 e. The first-order valence-corrected chi connectivity index (χ1v) is 5.92. The second-order valence-electron chi connectivity index (χ2n) is 4.18. The summed E-state index contributed by atoms with van der Waals surface area (Å²) in [5.74, 6) is 0. The van der Waals surface area contributed by atoms with Crippen LogP contribution in [0, 0.1) is 13.8 Å². The van der Waals surface area contributed by atoms with Gasteiger partial charge in [-0.1, -0.05) is 6.07 Å². The van der Waals surface area contributed by atoms with Gasteiger partial charge in [0.05, 0.1) is 24.6 Å². The first kappa shape index (κ1) is 11.0. The summed E-state index contributed by atoms with van der Waals surface area (Å²) < 4.78 is 5.08. The minimum Gasteiger partial charge on any atom is -0.395 e. The summed E-state index contributed by atoms with van der Waals surface area (Å²) in [7, 11) is 0. The van der Waals surface area contributed by atoms with Crippen LogP contribution in [0.5, 0.6) is 0 Å². The van der Waals surface area contributed by atoms with E-state index in [4.69, 9.17) is 4.74 Å². The van der Waals surface area contributed by atoms with E-state index in [2.05, 4.69) is 32.0 Å². The first-order valence-electron chi connectivity index (χ1n) is 5.10. The topological polar surface area (TPSA) is 29.5 Å². The molecular formula is C12H16O2S. The van der Waals surface area contributed by atoms with Gasteiger partial charge in [0, 0.05) is 4.90 Å². The van der Waals surface area contributed by atoms with Crippen LogP contribution in [0.4, 0.5) is 0 Å². The molecule has 82 valence electrons. The third-order valence-corrected chi connectivity index (χ3v) is 4.12. The fraction of sp³-hybridized carbons (Fsp3) is 0.500. The molecule has 1 fully saturated rings. The molecule has 1 N–H and O–H groups in total. The van der Waals surface area contributed by atoms with E-state index in [0.29, 0.717) is 13.2 Å². The molecule has 0 aliphatic carbocycles. The fourth-order valence-corrected chi connectivity index (χ4v) is 2.76. The van der Waals surface area contributed by atoms with Gasteiger partial charge in [-0.25, -0.2) is 0 Å². The number of hydrogen-bond acceptors (Lipinski definition) is 3. The van der Waals surface area contributed by atoms with Crippen molar-refractivity contribution < 1.29 is 9.84 Å². The lowest BCUT2D eigenvalue weighted by atomic mass is 10.1. The van der Waals surface area contributed by atoms with Crippen molar-refractivity contribution in [3.8, 4) is 0 Å². The molecule has 2 nitrogen and oxygen atoms in total. The van der Waals surface area contributed by atoms with Gasteiger partial charge in [-0.2, -0.15) is 0 Å². The minimum atomic E-state index is -0.0955. The number of aliphatic hydroxyl groups excluding tert-OH is 1. The SMILES string of the molecule is Cc1ccc(SC2(CO)COC2)cc1C. The summed E-state index contributed by atoms with van der Waals surface area (Å²) in [4.78, 5) is 1.22. The Morgan fingerprint density at radius 3 is 2.53 bits per heavy atom. The van der Waals surface area contributed by atoms with Crippen LogP contribution >= 0.6 is 11.8 Å². The van der Waals surface area contributed by atoms with E-state index in [9.17, 15) is 5.11 Å². The number of hydrogen-bond donors (Lipinski definition) is 1. The van der Waals surface area contributed by atoms with Crippen molar-refractivity contribution in [3.05, 3.63) is 29.3 Å². The largest absolute Gasteiger partial charge is 0.395 e. The van der Waals surface area contributed by atoms with E-state index in [1.165, 1.54) is 16.0 Å². The Morgan fingerprint density at radius 1 is 1.33 bits per heavy atom. The molecule has 0 atom stereocenters. The van der Waals surface area contributed by atoms with Crippen molar-refractivity contribution in [3.63, 3.8) is 0 Å². The van der Waals surface area contributed by atoms with Crippen molar-refractivity contribution in [2.45, 2.75) is 23.5 Å². The molecule has 0 unspecified atom stereocenters. The zero-order chi connectivity index (χ0) is 10.9. The number of ether oxygens (including phenoxy) is 1. The Kier molecular flexibility index (Phi) is 3.05. The van der Waals surface area contributed by atoms with Crippen LogP contribution in [-0.2, 0) is 4.74 Å². The number of aryl methyl sites for hydroxylation is 2. The second kappa shape index (κ2) is 4.16. The molecule has 3 heteroatoms. The summed E-state index contributed by atoms with van der Waals surface area (Å²) in [6.07, 6.45) is 0. The molecule has 0 spiro atoms. The van der Waals surface area contributed by atoms with Gasteiger partial charge in [0.25, 0.3) is 0 Å². The Morgan fingerprint density at radius 2 is 2.07 bits per heavy atom. The van der Waals surface area contributed by atoms with E-state index in [0.717, 1.165) is 0 Å². The van der Waals surface area contributed by atoms with Gasteiger partial charge >= 0.3 is 0 Å². The van der Waals surface area contributed by atoms with Crippen LogP contribution in [0.1, 0.15) is 11.1 Å². The van der Waals surface area contributed by atoms with Gasteiger partial charge in [-0.15, -0.1) is 11.8 Å². The lowest BCUT2D eigenvalue weighted by Gasteiger charge is -2.39. The van der Waals surface area contributed by atoms with Crippen LogP contribution in [0.2, 0.25) is 0 Å². The molecule has 1 aromatic rings. The third-order valence-electron chi connectivity index (χ3n) is 2.83. The molecule has 0 amide bonds. The van der Waals surface area contributed by atoms with Gasteiger partial charge < -0.3 is 9.84 Å². The molecule has 15 heavy (non-hydrogen) atoms. The Hall–Kier alpha value is -0.510. The van der Waals surface area contributed by atoms with E-state index >= 15 is 0 Å². The third kappa shape index (κ3) is 2.19. The van der Waals surface area contributed by atoms with Crippen molar-refractivity contribution in [2.24, 2.45) is 0 Å². The maximum Gasteiger partial charge on any atom is 0.0902 e. The highest BCUT2D eigenvalue weighted by molar-refractivity contribution is 8.00. The molecule has 1 saturated heterocycles. The molecule has 0 saturated carbocycles. The van der Waals surface area contributed by atoms with Crippen LogP contribution < -0.4 is 0 Å². The predicted molar refractivity (Wildman–Crippen MR) is 62.4 cm³/mol. The van der Waals surface area contributed by atoms with E-state index in [1.807, 2.05) is 0 Å². The van der Waals surface area contributed by atoms with Gasteiger partial charge in [0.1, 0.15) is 0 Å². The summed E-state index contributed by atoms with van der Waals surface area (Å²) >= 11 is 1.73. The summed E-state index contributed by atoms with van der Waals surface area (Å²) in [6, 6.07) is 6.42.